The van der Waals surface area contributed by atoms with Crippen LogP contribution in [-0.2, 0) is 17.9 Å². The maximum atomic E-state index is 12.4. The summed E-state index contributed by atoms with van der Waals surface area (Å²) in [6.07, 6.45) is 2.36. The van der Waals surface area contributed by atoms with E-state index in [9.17, 15) is 4.79 Å². The van der Waals surface area contributed by atoms with Gasteiger partial charge in [-0.05, 0) is 35.7 Å². The molecular weight excluding hydrogens is 310 g/mol. The van der Waals surface area contributed by atoms with E-state index >= 15 is 0 Å². The Morgan fingerprint density at radius 3 is 2.10 bits per heavy atom. The van der Waals surface area contributed by atoms with Gasteiger partial charge in [-0.1, -0.05) is 12.1 Å². The minimum atomic E-state index is 0.219. The molecule has 0 saturated heterocycles. The average molecular weight is 328 g/mol. The third-order valence-corrected chi connectivity index (χ3v) is 4.97. The van der Waals surface area contributed by atoms with Crippen LogP contribution in [0.1, 0.15) is 29.0 Å². The molecule has 2 aromatic rings. The van der Waals surface area contributed by atoms with Crippen molar-refractivity contribution in [2.45, 2.75) is 32.4 Å². The second kappa shape index (κ2) is 8.45. The van der Waals surface area contributed by atoms with Gasteiger partial charge in [0.15, 0.2) is 0 Å². The van der Waals surface area contributed by atoms with E-state index in [0.29, 0.717) is 25.4 Å². The minimum absolute atomic E-state index is 0.219. The SMILES string of the molecule is O=C(CCCCCl)N(Cc1cccs1)Cc1cccs1. The molecule has 0 N–H and O–H groups in total. The number of halogens is 1. The quantitative estimate of drug-likeness (QED) is 0.506. The lowest BCUT2D eigenvalue weighted by molar-refractivity contribution is -0.132. The lowest BCUT2D eigenvalue weighted by atomic mass is 10.2. The molecule has 0 aliphatic rings. The molecule has 2 aromatic heterocycles. The highest BCUT2D eigenvalue weighted by molar-refractivity contribution is 7.10. The van der Waals surface area contributed by atoms with Gasteiger partial charge in [-0.3, -0.25) is 4.79 Å². The summed E-state index contributed by atoms with van der Waals surface area (Å²) in [7, 11) is 0. The molecule has 0 aromatic carbocycles. The third-order valence-electron chi connectivity index (χ3n) is 2.98. The van der Waals surface area contributed by atoms with E-state index in [1.165, 1.54) is 9.75 Å². The average Bonchev–Trinajstić information content (AvgIpc) is 3.11. The summed E-state index contributed by atoms with van der Waals surface area (Å²) in [5.41, 5.74) is 0. The summed E-state index contributed by atoms with van der Waals surface area (Å²) in [6.45, 7) is 1.41. The van der Waals surface area contributed by atoms with Crippen molar-refractivity contribution >= 4 is 40.2 Å². The van der Waals surface area contributed by atoms with E-state index in [1.807, 2.05) is 17.0 Å². The van der Waals surface area contributed by atoms with Crippen LogP contribution in [0.3, 0.4) is 0 Å². The van der Waals surface area contributed by atoms with Gasteiger partial charge in [0.25, 0.3) is 0 Å². The Morgan fingerprint density at radius 1 is 1.05 bits per heavy atom. The number of carbonyl (C=O) groups excluding carboxylic acids is 1. The first-order valence-corrected chi connectivity index (χ1v) is 8.97. The number of nitrogens with zero attached hydrogens (tertiary/aromatic N) is 1. The Hall–Kier alpha value is -0.840. The molecule has 0 spiro atoms. The van der Waals surface area contributed by atoms with E-state index in [1.54, 1.807) is 22.7 Å². The number of amides is 1. The zero-order chi connectivity index (χ0) is 14.2. The topological polar surface area (TPSA) is 20.3 Å². The van der Waals surface area contributed by atoms with Crippen LogP contribution in [0.2, 0.25) is 0 Å². The van der Waals surface area contributed by atoms with Crippen LogP contribution in [0.15, 0.2) is 35.0 Å². The van der Waals surface area contributed by atoms with Gasteiger partial charge in [-0.25, -0.2) is 0 Å². The van der Waals surface area contributed by atoms with E-state index in [2.05, 4.69) is 22.9 Å². The van der Waals surface area contributed by atoms with Crippen LogP contribution >= 0.6 is 34.3 Å². The molecule has 0 aliphatic carbocycles. The Morgan fingerprint density at radius 2 is 1.65 bits per heavy atom. The van der Waals surface area contributed by atoms with Gasteiger partial charge >= 0.3 is 0 Å². The summed E-state index contributed by atoms with van der Waals surface area (Å²) in [4.78, 5) is 16.8. The summed E-state index contributed by atoms with van der Waals surface area (Å²) >= 11 is 9.07. The first-order valence-electron chi connectivity index (χ1n) is 6.68. The van der Waals surface area contributed by atoms with Gasteiger partial charge in [0.05, 0.1) is 13.1 Å². The normalized spacial score (nSPS) is 10.7. The van der Waals surface area contributed by atoms with Crippen molar-refractivity contribution in [2.24, 2.45) is 0 Å². The monoisotopic (exact) mass is 327 g/mol. The number of carbonyl (C=O) groups is 1. The molecule has 108 valence electrons. The van der Waals surface area contributed by atoms with Crippen molar-refractivity contribution < 1.29 is 4.79 Å². The Bertz CT molecular complexity index is 460. The Kier molecular flexibility index (Phi) is 6.57. The zero-order valence-corrected chi connectivity index (χ0v) is 13.6. The number of hydrogen-bond donors (Lipinski definition) is 0. The van der Waals surface area contributed by atoms with Crippen molar-refractivity contribution in [2.75, 3.05) is 5.88 Å². The largest absolute Gasteiger partial charge is 0.332 e. The van der Waals surface area contributed by atoms with Gasteiger partial charge in [-0.15, -0.1) is 34.3 Å². The number of thiophene rings is 2. The van der Waals surface area contributed by atoms with Gasteiger partial charge < -0.3 is 4.90 Å². The molecule has 0 radical (unpaired) electrons. The predicted octanol–water partition coefficient (Wildman–Crippen LogP) is 4.75. The molecule has 0 atom stereocenters. The molecule has 0 saturated carbocycles. The maximum Gasteiger partial charge on any atom is 0.223 e. The fraction of sp³-hybridized carbons (Fsp3) is 0.400. The van der Waals surface area contributed by atoms with Crippen molar-refractivity contribution in [1.29, 1.82) is 0 Å². The molecule has 2 heterocycles. The molecule has 0 bridgehead atoms. The van der Waals surface area contributed by atoms with Crippen molar-refractivity contribution in [3.63, 3.8) is 0 Å². The van der Waals surface area contributed by atoms with Crippen LogP contribution in [0.5, 0.6) is 0 Å². The van der Waals surface area contributed by atoms with Crippen molar-refractivity contribution in [3.05, 3.63) is 44.8 Å². The first-order chi connectivity index (χ1) is 9.79. The molecule has 0 unspecified atom stereocenters. The highest BCUT2D eigenvalue weighted by Gasteiger charge is 2.15. The lowest BCUT2D eigenvalue weighted by Gasteiger charge is -2.21. The molecule has 2 rings (SSSR count). The number of hydrogen-bond acceptors (Lipinski definition) is 3. The predicted molar refractivity (Wildman–Crippen MR) is 87.5 cm³/mol. The van der Waals surface area contributed by atoms with E-state index in [0.717, 1.165) is 12.8 Å². The Balaban J connectivity index is 1.97. The third kappa shape index (κ3) is 4.93. The fourth-order valence-electron chi connectivity index (χ4n) is 1.94. The zero-order valence-electron chi connectivity index (χ0n) is 11.3. The van der Waals surface area contributed by atoms with Gasteiger partial charge in [0.1, 0.15) is 0 Å². The molecule has 1 amide bonds. The van der Waals surface area contributed by atoms with E-state index < -0.39 is 0 Å². The summed E-state index contributed by atoms with van der Waals surface area (Å²) in [6, 6.07) is 8.22. The summed E-state index contributed by atoms with van der Waals surface area (Å²) in [5.74, 6) is 0.847. The molecule has 0 fully saturated rings. The first kappa shape index (κ1) is 15.5. The van der Waals surface area contributed by atoms with Crippen LogP contribution in [0.4, 0.5) is 0 Å². The number of rotatable bonds is 8. The second-order valence-corrected chi connectivity index (χ2v) is 7.00. The Labute approximate surface area is 133 Å². The van der Waals surface area contributed by atoms with Crippen molar-refractivity contribution in [3.8, 4) is 0 Å². The smallest absolute Gasteiger partial charge is 0.223 e. The van der Waals surface area contributed by atoms with Crippen LogP contribution in [0, 0.1) is 0 Å². The van der Waals surface area contributed by atoms with Gasteiger partial charge in [-0.2, -0.15) is 0 Å². The number of alkyl halides is 1. The highest BCUT2D eigenvalue weighted by atomic mass is 35.5. The second-order valence-electron chi connectivity index (χ2n) is 4.55. The fourth-order valence-corrected chi connectivity index (χ4v) is 3.57. The van der Waals surface area contributed by atoms with Crippen LogP contribution in [-0.4, -0.2) is 16.7 Å². The summed E-state index contributed by atoms with van der Waals surface area (Å²) < 4.78 is 0. The maximum absolute atomic E-state index is 12.4. The van der Waals surface area contributed by atoms with Crippen LogP contribution in [0.25, 0.3) is 0 Å². The van der Waals surface area contributed by atoms with Gasteiger partial charge in [0, 0.05) is 22.1 Å². The van der Waals surface area contributed by atoms with E-state index in [-0.39, 0.29) is 5.91 Å². The molecular formula is C15H18ClNOS2. The summed E-state index contributed by atoms with van der Waals surface area (Å²) in [5, 5.41) is 4.10. The van der Waals surface area contributed by atoms with E-state index in [4.69, 9.17) is 11.6 Å². The standard InChI is InChI=1S/C15H18ClNOS2/c16-8-2-1-7-15(18)17(11-13-5-3-9-19-13)12-14-6-4-10-20-14/h3-6,9-10H,1-2,7-8,11-12H2. The minimum Gasteiger partial charge on any atom is -0.332 e. The number of unbranched alkanes of at least 4 members (excludes halogenated alkanes) is 1. The van der Waals surface area contributed by atoms with Crippen molar-refractivity contribution in [1.82, 2.24) is 4.90 Å². The van der Waals surface area contributed by atoms with Crippen LogP contribution < -0.4 is 0 Å². The molecule has 5 heteroatoms. The van der Waals surface area contributed by atoms with Gasteiger partial charge in [0.2, 0.25) is 5.91 Å². The molecule has 20 heavy (non-hydrogen) atoms. The lowest BCUT2D eigenvalue weighted by Crippen LogP contribution is -2.29. The molecule has 2 nitrogen and oxygen atoms in total. The molecule has 0 aliphatic heterocycles. The highest BCUT2D eigenvalue weighted by Crippen LogP contribution is 2.18.